The first-order chi connectivity index (χ1) is 7.22. The van der Waals surface area contributed by atoms with E-state index >= 15 is 0 Å². The highest BCUT2D eigenvalue weighted by Gasteiger charge is 2.20. The van der Waals surface area contributed by atoms with Crippen LogP contribution in [-0.2, 0) is 19.4 Å². The van der Waals surface area contributed by atoms with Crippen LogP contribution < -0.4 is 5.32 Å². The zero-order chi connectivity index (χ0) is 10.8. The lowest BCUT2D eigenvalue weighted by Crippen LogP contribution is -2.20. The minimum atomic E-state index is 0.808. The van der Waals surface area contributed by atoms with Crippen LogP contribution in [0.15, 0.2) is 0 Å². The number of nitrogens with zero attached hydrogens (tertiary/aromatic N) is 2. The number of hydrogen-bond acceptors (Lipinski definition) is 2. The smallest absolute Gasteiger partial charge is 0.106 e. The highest BCUT2D eigenvalue weighted by atomic mass is 15.1. The zero-order valence-electron chi connectivity index (χ0n) is 10.0. The van der Waals surface area contributed by atoms with Crippen LogP contribution in [0.4, 0.5) is 0 Å². The van der Waals surface area contributed by atoms with Crippen molar-refractivity contribution in [2.24, 2.45) is 5.92 Å². The van der Waals surface area contributed by atoms with Gasteiger partial charge in [0, 0.05) is 25.2 Å². The van der Waals surface area contributed by atoms with Crippen LogP contribution in [-0.4, -0.2) is 23.1 Å². The Balaban J connectivity index is 2.23. The molecular formula is C12H21N3. The number of aromatic nitrogens is 2. The number of fused-ring (bicyclic) bond motifs is 1. The highest BCUT2D eigenvalue weighted by molar-refractivity contribution is 5.19. The van der Waals surface area contributed by atoms with Gasteiger partial charge >= 0.3 is 0 Å². The van der Waals surface area contributed by atoms with E-state index in [1.165, 1.54) is 30.1 Å². The van der Waals surface area contributed by atoms with Gasteiger partial charge < -0.3 is 9.88 Å². The van der Waals surface area contributed by atoms with Crippen LogP contribution >= 0.6 is 0 Å². The van der Waals surface area contributed by atoms with E-state index in [0.29, 0.717) is 0 Å². The van der Waals surface area contributed by atoms with Gasteiger partial charge in [-0.25, -0.2) is 4.98 Å². The maximum atomic E-state index is 4.69. The Morgan fingerprint density at radius 1 is 1.53 bits per heavy atom. The van der Waals surface area contributed by atoms with Crippen molar-refractivity contribution in [2.45, 2.75) is 39.7 Å². The van der Waals surface area contributed by atoms with E-state index in [1.54, 1.807) is 0 Å². The summed E-state index contributed by atoms with van der Waals surface area (Å²) < 4.78 is 2.42. The SMILES string of the molecule is CNCCc1nc(C)n2c1CCC(C)C2. The third-order valence-corrected chi connectivity index (χ3v) is 3.33. The molecule has 1 aliphatic heterocycles. The molecule has 0 aliphatic carbocycles. The van der Waals surface area contributed by atoms with Gasteiger partial charge in [-0.2, -0.15) is 0 Å². The van der Waals surface area contributed by atoms with Gasteiger partial charge in [0.25, 0.3) is 0 Å². The van der Waals surface area contributed by atoms with Gasteiger partial charge in [-0.05, 0) is 32.7 Å². The number of nitrogens with one attached hydrogen (secondary N) is 1. The summed E-state index contributed by atoms with van der Waals surface area (Å²) in [6, 6.07) is 0. The van der Waals surface area contributed by atoms with Gasteiger partial charge in [0.05, 0.1) is 5.69 Å². The van der Waals surface area contributed by atoms with Crippen LogP contribution in [0.3, 0.4) is 0 Å². The second-order valence-electron chi connectivity index (χ2n) is 4.66. The van der Waals surface area contributed by atoms with Crippen molar-refractivity contribution in [1.82, 2.24) is 14.9 Å². The summed E-state index contributed by atoms with van der Waals surface area (Å²) in [5.74, 6) is 2.00. The molecule has 1 unspecified atom stereocenters. The van der Waals surface area contributed by atoms with E-state index < -0.39 is 0 Å². The third-order valence-electron chi connectivity index (χ3n) is 3.33. The Morgan fingerprint density at radius 2 is 2.33 bits per heavy atom. The number of rotatable bonds is 3. The Morgan fingerprint density at radius 3 is 3.07 bits per heavy atom. The summed E-state index contributed by atoms with van der Waals surface area (Å²) in [5, 5.41) is 3.19. The van der Waals surface area contributed by atoms with E-state index in [0.717, 1.165) is 25.4 Å². The first-order valence-corrected chi connectivity index (χ1v) is 5.92. The molecule has 0 saturated heterocycles. The van der Waals surface area contributed by atoms with E-state index in [9.17, 15) is 0 Å². The fraction of sp³-hybridized carbons (Fsp3) is 0.750. The Hall–Kier alpha value is -0.830. The van der Waals surface area contributed by atoms with Crippen molar-refractivity contribution in [1.29, 1.82) is 0 Å². The Bertz CT molecular complexity index is 341. The average Bonchev–Trinajstić information content (AvgIpc) is 2.53. The predicted molar refractivity (Wildman–Crippen MR) is 62.1 cm³/mol. The van der Waals surface area contributed by atoms with Crippen LogP contribution in [0.25, 0.3) is 0 Å². The second kappa shape index (κ2) is 4.35. The molecule has 1 aromatic rings. The number of aryl methyl sites for hydroxylation is 1. The van der Waals surface area contributed by atoms with Crippen molar-refractivity contribution in [2.75, 3.05) is 13.6 Å². The van der Waals surface area contributed by atoms with Gasteiger partial charge in [0.1, 0.15) is 5.82 Å². The molecule has 1 aliphatic rings. The third kappa shape index (κ3) is 2.07. The second-order valence-corrected chi connectivity index (χ2v) is 4.66. The maximum absolute atomic E-state index is 4.69. The molecule has 0 amide bonds. The first-order valence-electron chi connectivity index (χ1n) is 5.92. The minimum Gasteiger partial charge on any atom is -0.332 e. The van der Waals surface area contributed by atoms with Gasteiger partial charge in [-0.1, -0.05) is 6.92 Å². The molecule has 0 bridgehead atoms. The lowest BCUT2D eigenvalue weighted by atomic mass is 9.98. The van der Waals surface area contributed by atoms with Crippen molar-refractivity contribution in [3.8, 4) is 0 Å². The molecule has 0 spiro atoms. The minimum absolute atomic E-state index is 0.808. The molecule has 3 nitrogen and oxygen atoms in total. The Kier molecular flexibility index (Phi) is 3.10. The zero-order valence-corrected chi connectivity index (χ0v) is 10.0. The monoisotopic (exact) mass is 207 g/mol. The normalized spacial score (nSPS) is 20.3. The number of imidazole rings is 1. The molecule has 15 heavy (non-hydrogen) atoms. The number of hydrogen-bond donors (Lipinski definition) is 1. The van der Waals surface area contributed by atoms with Gasteiger partial charge in [-0.15, -0.1) is 0 Å². The molecule has 0 saturated carbocycles. The molecule has 0 radical (unpaired) electrons. The lowest BCUT2D eigenvalue weighted by molar-refractivity contribution is 0.393. The fourth-order valence-electron chi connectivity index (χ4n) is 2.42. The average molecular weight is 207 g/mol. The van der Waals surface area contributed by atoms with Crippen LogP contribution in [0, 0.1) is 12.8 Å². The summed E-state index contributed by atoms with van der Waals surface area (Å²) in [6.45, 7) is 6.65. The molecule has 2 heterocycles. The van der Waals surface area contributed by atoms with Crippen molar-refractivity contribution >= 4 is 0 Å². The molecule has 0 aromatic carbocycles. The van der Waals surface area contributed by atoms with Crippen LogP contribution in [0.5, 0.6) is 0 Å². The van der Waals surface area contributed by atoms with Gasteiger partial charge in [-0.3, -0.25) is 0 Å². The number of likely N-dealkylation sites (N-methyl/N-ethyl adjacent to an activating group) is 1. The van der Waals surface area contributed by atoms with E-state index in [2.05, 4.69) is 28.7 Å². The maximum Gasteiger partial charge on any atom is 0.106 e. The summed E-state index contributed by atoms with van der Waals surface area (Å²) in [6.07, 6.45) is 3.59. The summed E-state index contributed by atoms with van der Waals surface area (Å²) in [4.78, 5) is 4.69. The molecule has 0 fully saturated rings. The first kappa shape index (κ1) is 10.7. The molecule has 1 N–H and O–H groups in total. The topological polar surface area (TPSA) is 29.9 Å². The van der Waals surface area contributed by atoms with Crippen LogP contribution in [0.1, 0.15) is 30.6 Å². The van der Waals surface area contributed by atoms with Gasteiger partial charge in [0.15, 0.2) is 0 Å². The summed E-state index contributed by atoms with van der Waals surface area (Å²) >= 11 is 0. The molecule has 84 valence electrons. The van der Waals surface area contributed by atoms with Gasteiger partial charge in [0.2, 0.25) is 0 Å². The molecular weight excluding hydrogens is 186 g/mol. The standard InChI is InChI=1S/C12H21N3/c1-9-4-5-12-11(6-7-13-3)14-10(2)15(12)8-9/h9,13H,4-8H2,1-3H3. The Labute approximate surface area is 91.9 Å². The van der Waals surface area contributed by atoms with E-state index in [-0.39, 0.29) is 0 Å². The predicted octanol–water partition coefficient (Wildman–Crippen LogP) is 1.54. The lowest BCUT2D eigenvalue weighted by Gasteiger charge is -2.22. The van der Waals surface area contributed by atoms with Crippen molar-refractivity contribution < 1.29 is 0 Å². The van der Waals surface area contributed by atoms with E-state index in [4.69, 9.17) is 0 Å². The largest absolute Gasteiger partial charge is 0.332 e. The summed E-state index contributed by atoms with van der Waals surface area (Å²) in [7, 11) is 2.00. The van der Waals surface area contributed by atoms with E-state index in [1.807, 2.05) is 7.05 Å². The molecule has 3 heteroatoms. The molecule has 1 aromatic heterocycles. The summed E-state index contributed by atoms with van der Waals surface area (Å²) in [5.41, 5.74) is 2.80. The highest BCUT2D eigenvalue weighted by Crippen LogP contribution is 2.24. The quantitative estimate of drug-likeness (QED) is 0.814. The van der Waals surface area contributed by atoms with Crippen LogP contribution in [0.2, 0.25) is 0 Å². The van der Waals surface area contributed by atoms with Crippen molar-refractivity contribution in [3.05, 3.63) is 17.2 Å². The molecule has 1 atom stereocenters. The molecule has 2 rings (SSSR count). The fourth-order valence-corrected chi connectivity index (χ4v) is 2.42. The van der Waals surface area contributed by atoms with Crippen molar-refractivity contribution in [3.63, 3.8) is 0 Å².